The summed E-state index contributed by atoms with van der Waals surface area (Å²) < 4.78 is 6.89. The highest BCUT2D eigenvalue weighted by Gasteiger charge is 2.44. The van der Waals surface area contributed by atoms with Crippen molar-refractivity contribution in [1.29, 1.82) is 0 Å². The summed E-state index contributed by atoms with van der Waals surface area (Å²) in [5, 5.41) is 0.616. The van der Waals surface area contributed by atoms with Crippen molar-refractivity contribution in [3.8, 4) is 11.3 Å². The maximum absolute atomic E-state index is 13.9. The Labute approximate surface area is 182 Å². The highest BCUT2D eigenvalue weighted by Crippen LogP contribution is 2.49. The normalized spacial score (nSPS) is 16.5. The van der Waals surface area contributed by atoms with Crippen molar-refractivity contribution in [3.63, 3.8) is 0 Å². The van der Waals surface area contributed by atoms with Crippen LogP contribution in [0.2, 0.25) is 0 Å². The summed E-state index contributed by atoms with van der Waals surface area (Å²) in [7, 11) is 0. The number of nitrogens with zero attached hydrogens (tertiary/aromatic N) is 2. The molecule has 0 aliphatic heterocycles. The maximum Gasteiger partial charge on any atom is 0.316 e. The SMILES string of the molecule is CCOC(=O)CSc1nc2c(c(=O)n1CC(C)C)C1(CCCC1)Cc1ccccc1-2. The number of aromatic nitrogens is 2. The average molecular weight is 427 g/mol. The number of esters is 1. The van der Waals surface area contributed by atoms with E-state index in [9.17, 15) is 9.59 Å². The van der Waals surface area contributed by atoms with Crippen LogP contribution in [-0.2, 0) is 27.9 Å². The molecule has 2 aromatic rings. The van der Waals surface area contributed by atoms with Crippen LogP contribution >= 0.6 is 11.8 Å². The summed E-state index contributed by atoms with van der Waals surface area (Å²) in [5.74, 6) is 0.183. The first-order valence-corrected chi connectivity index (χ1v) is 12.0. The standard InChI is InChI=1S/C24H30N2O3S/c1-4-29-19(27)15-30-23-25-21-18-10-6-5-9-17(18)13-24(11-7-8-12-24)20(21)22(28)26(23)14-16(2)3/h5-6,9-10,16H,4,7-8,11-15H2,1-3H3. The van der Waals surface area contributed by atoms with Crippen molar-refractivity contribution in [3.05, 3.63) is 45.7 Å². The predicted octanol–water partition coefficient (Wildman–Crippen LogP) is 4.59. The van der Waals surface area contributed by atoms with Crippen molar-refractivity contribution < 1.29 is 9.53 Å². The zero-order valence-corrected chi connectivity index (χ0v) is 18.9. The van der Waals surface area contributed by atoms with Crippen LogP contribution in [0, 0.1) is 5.92 Å². The molecule has 4 rings (SSSR count). The first-order valence-electron chi connectivity index (χ1n) is 11.0. The van der Waals surface area contributed by atoms with Crippen LogP contribution in [0.15, 0.2) is 34.2 Å². The van der Waals surface area contributed by atoms with Crippen LogP contribution in [0.5, 0.6) is 0 Å². The number of carbonyl (C=O) groups is 1. The lowest BCUT2D eigenvalue weighted by Gasteiger charge is -2.36. The predicted molar refractivity (Wildman–Crippen MR) is 120 cm³/mol. The maximum atomic E-state index is 13.9. The monoisotopic (exact) mass is 426 g/mol. The first-order chi connectivity index (χ1) is 14.4. The quantitative estimate of drug-likeness (QED) is 0.384. The number of rotatable bonds is 6. The molecule has 1 spiro atoms. The van der Waals surface area contributed by atoms with Crippen LogP contribution in [0.25, 0.3) is 11.3 Å². The van der Waals surface area contributed by atoms with Gasteiger partial charge in [-0.1, -0.05) is 62.7 Å². The minimum atomic E-state index is -0.279. The molecule has 1 fully saturated rings. The number of carbonyl (C=O) groups excluding carboxylic acids is 1. The molecule has 6 heteroatoms. The molecule has 0 saturated heterocycles. The molecule has 160 valence electrons. The highest BCUT2D eigenvalue weighted by atomic mass is 32.2. The third-order valence-electron chi connectivity index (χ3n) is 6.20. The van der Waals surface area contributed by atoms with Gasteiger partial charge in [0.15, 0.2) is 5.16 Å². The minimum absolute atomic E-state index is 0.0801. The molecule has 5 nitrogen and oxygen atoms in total. The second-order valence-corrected chi connectivity index (χ2v) is 9.79. The van der Waals surface area contributed by atoms with Crippen LogP contribution < -0.4 is 5.56 Å². The third kappa shape index (κ3) is 3.82. The van der Waals surface area contributed by atoms with Crippen LogP contribution in [0.3, 0.4) is 0 Å². The summed E-state index contributed by atoms with van der Waals surface area (Å²) in [6.45, 7) is 6.96. The molecule has 0 unspecified atom stereocenters. The van der Waals surface area contributed by atoms with Gasteiger partial charge >= 0.3 is 5.97 Å². The van der Waals surface area contributed by atoms with E-state index in [1.165, 1.54) is 17.3 Å². The van der Waals surface area contributed by atoms with Gasteiger partial charge in [-0.2, -0.15) is 0 Å². The summed E-state index contributed by atoms with van der Waals surface area (Å²) >= 11 is 1.31. The van der Waals surface area contributed by atoms with E-state index in [-0.39, 0.29) is 22.7 Å². The van der Waals surface area contributed by atoms with E-state index >= 15 is 0 Å². The average Bonchev–Trinajstić information content (AvgIpc) is 3.17. The second-order valence-electron chi connectivity index (χ2n) is 8.84. The Bertz CT molecular complexity index is 1010. The van der Waals surface area contributed by atoms with Crippen LogP contribution in [-0.4, -0.2) is 27.9 Å². The Balaban J connectivity index is 1.88. The number of ether oxygens (including phenoxy) is 1. The summed E-state index contributed by atoms with van der Waals surface area (Å²) in [6, 6.07) is 8.34. The highest BCUT2D eigenvalue weighted by molar-refractivity contribution is 7.99. The molecule has 30 heavy (non-hydrogen) atoms. The van der Waals surface area contributed by atoms with Gasteiger partial charge in [-0.25, -0.2) is 4.98 Å². The Morgan fingerprint density at radius 3 is 2.70 bits per heavy atom. The van der Waals surface area contributed by atoms with Gasteiger partial charge in [0, 0.05) is 17.5 Å². The molecule has 1 aromatic carbocycles. The number of benzene rings is 1. The zero-order chi connectivity index (χ0) is 21.3. The van der Waals surface area contributed by atoms with E-state index in [0.717, 1.165) is 48.9 Å². The molecule has 1 saturated carbocycles. The number of hydrogen-bond donors (Lipinski definition) is 0. The van der Waals surface area contributed by atoms with E-state index in [0.29, 0.717) is 24.2 Å². The van der Waals surface area contributed by atoms with Gasteiger partial charge in [-0.15, -0.1) is 0 Å². The van der Waals surface area contributed by atoms with Gasteiger partial charge in [-0.05, 0) is 37.7 Å². The molecular weight excluding hydrogens is 396 g/mol. The molecule has 0 amide bonds. The van der Waals surface area contributed by atoms with Gasteiger partial charge < -0.3 is 4.74 Å². The first kappa shape index (κ1) is 21.2. The molecule has 0 radical (unpaired) electrons. The zero-order valence-electron chi connectivity index (χ0n) is 18.1. The molecule has 1 aromatic heterocycles. The second kappa shape index (κ2) is 8.58. The molecule has 2 aliphatic rings. The molecule has 2 aliphatic carbocycles. The van der Waals surface area contributed by atoms with Crippen molar-refractivity contribution in [1.82, 2.24) is 9.55 Å². The van der Waals surface area contributed by atoms with Crippen molar-refractivity contribution in [2.45, 2.75) is 70.0 Å². The lowest BCUT2D eigenvalue weighted by Crippen LogP contribution is -2.41. The topological polar surface area (TPSA) is 61.2 Å². The fourth-order valence-corrected chi connectivity index (χ4v) is 5.81. The summed E-state index contributed by atoms with van der Waals surface area (Å²) in [6.07, 6.45) is 5.32. The van der Waals surface area contributed by atoms with E-state index in [4.69, 9.17) is 9.72 Å². The third-order valence-corrected chi connectivity index (χ3v) is 7.15. The van der Waals surface area contributed by atoms with Gasteiger partial charge in [0.2, 0.25) is 0 Å². The molecule has 0 atom stereocenters. The van der Waals surface area contributed by atoms with Gasteiger partial charge in [0.25, 0.3) is 5.56 Å². The molecule has 1 heterocycles. The largest absolute Gasteiger partial charge is 0.465 e. The van der Waals surface area contributed by atoms with Gasteiger partial charge in [0.1, 0.15) is 0 Å². The van der Waals surface area contributed by atoms with Crippen molar-refractivity contribution in [2.75, 3.05) is 12.4 Å². The fraction of sp³-hybridized carbons (Fsp3) is 0.542. The molecule has 0 bridgehead atoms. The molecular formula is C24H30N2O3S. The number of thioether (sulfide) groups is 1. The Hall–Kier alpha value is -2.08. The fourth-order valence-electron chi connectivity index (χ4n) is 5.01. The smallest absolute Gasteiger partial charge is 0.316 e. The minimum Gasteiger partial charge on any atom is -0.465 e. The van der Waals surface area contributed by atoms with E-state index in [1.54, 1.807) is 11.5 Å². The van der Waals surface area contributed by atoms with Crippen LogP contribution in [0.4, 0.5) is 0 Å². The summed E-state index contributed by atoms with van der Waals surface area (Å²) in [4.78, 5) is 30.9. The Kier molecular flexibility index (Phi) is 6.05. The van der Waals surface area contributed by atoms with Crippen molar-refractivity contribution >= 4 is 17.7 Å². The van der Waals surface area contributed by atoms with E-state index < -0.39 is 0 Å². The Morgan fingerprint density at radius 2 is 2.00 bits per heavy atom. The van der Waals surface area contributed by atoms with Crippen LogP contribution in [0.1, 0.15) is 57.6 Å². The lowest BCUT2D eigenvalue weighted by molar-refractivity contribution is -0.139. The van der Waals surface area contributed by atoms with Crippen molar-refractivity contribution in [2.24, 2.45) is 5.92 Å². The van der Waals surface area contributed by atoms with E-state index in [1.807, 2.05) is 6.07 Å². The lowest BCUT2D eigenvalue weighted by atomic mass is 9.68. The molecule has 0 N–H and O–H groups in total. The van der Waals surface area contributed by atoms with E-state index in [2.05, 4.69) is 32.0 Å². The Morgan fingerprint density at radius 1 is 1.27 bits per heavy atom. The number of hydrogen-bond acceptors (Lipinski definition) is 5. The summed E-state index contributed by atoms with van der Waals surface area (Å²) in [5.41, 5.74) is 4.06. The van der Waals surface area contributed by atoms with Gasteiger partial charge in [0.05, 0.1) is 23.6 Å². The van der Waals surface area contributed by atoms with Gasteiger partial charge in [-0.3, -0.25) is 14.2 Å². The number of fused-ring (bicyclic) bond motifs is 4.